The van der Waals surface area contributed by atoms with Crippen molar-refractivity contribution in [2.75, 3.05) is 11.1 Å². The molecule has 100 valence electrons. The fraction of sp³-hybridized carbons (Fsp3) is 0.182. The third-order valence-corrected chi connectivity index (χ3v) is 2.84. The van der Waals surface area contributed by atoms with Gasteiger partial charge in [-0.05, 0) is 12.1 Å². The zero-order valence-electron chi connectivity index (χ0n) is 9.69. The maximum absolute atomic E-state index is 10.6. The van der Waals surface area contributed by atoms with Gasteiger partial charge in [0.05, 0.1) is 16.5 Å². The van der Waals surface area contributed by atoms with Gasteiger partial charge in [-0.15, -0.1) is 6.58 Å². The predicted molar refractivity (Wildman–Crippen MR) is 75.6 cm³/mol. The number of nitrogens with one attached hydrogen (secondary N) is 1. The summed E-state index contributed by atoms with van der Waals surface area (Å²) < 4.78 is 19.9. The molecule has 4 nitrogen and oxygen atoms in total. The van der Waals surface area contributed by atoms with Gasteiger partial charge in [0, 0.05) is 17.6 Å². The molecule has 0 aliphatic rings. The molecule has 0 radical (unpaired) electrons. The number of benzene rings is 1. The molecule has 18 heavy (non-hydrogen) atoms. The van der Waals surface area contributed by atoms with Gasteiger partial charge in [-0.25, -0.2) is 8.42 Å². The lowest BCUT2D eigenvalue weighted by Crippen LogP contribution is -2.05. The van der Waals surface area contributed by atoms with E-state index in [1.165, 1.54) is 13.0 Å². The molecule has 0 fully saturated rings. The first-order chi connectivity index (χ1) is 8.26. The van der Waals surface area contributed by atoms with Crippen LogP contribution in [0.15, 0.2) is 36.9 Å². The SMILES string of the molecule is C=CCS(=O)(=O)Cl.CC(=O)Nc1ccccc1Cl. The Morgan fingerprint density at radius 3 is 2.33 bits per heavy atom. The van der Waals surface area contributed by atoms with Crippen LogP contribution in [0.3, 0.4) is 0 Å². The average molecular weight is 310 g/mol. The Morgan fingerprint density at radius 1 is 1.44 bits per heavy atom. The molecule has 0 saturated carbocycles. The summed E-state index contributed by atoms with van der Waals surface area (Å²) in [5, 5.41) is 3.16. The molecule has 1 rings (SSSR count). The van der Waals surface area contributed by atoms with Crippen LogP contribution in [0.2, 0.25) is 5.02 Å². The highest BCUT2D eigenvalue weighted by Crippen LogP contribution is 2.19. The summed E-state index contributed by atoms with van der Waals surface area (Å²) in [7, 11) is 1.41. The molecular formula is C11H13Cl2NO3S. The van der Waals surface area contributed by atoms with E-state index in [2.05, 4.69) is 11.9 Å². The fourth-order valence-corrected chi connectivity index (χ4v) is 1.62. The lowest BCUT2D eigenvalue weighted by atomic mass is 10.3. The van der Waals surface area contributed by atoms with E-state index in [4.69, 9.17) is 22.3 Å². The zero-order chi connectivity index (χ0) is 14.2. The second-order valence-corrected chi connectivity index (χ2v) is 6.38. The molecule has 0 unspecified atom stereocenters. The Balaban J connectivity index is 0.000000360. The molecule has 0 aliphatic heterocycles. The van der Waals surface area contributed by atoms with Gasteiger partial charge < -0.3 is 5.32 Å². The van der Waals surface area contributed by atoms with Crippen LogP contribution in [0.5, 0.6) is 0 Å². The summed E-state index contributed by atoms with van der Waals surface area (Å²) in [4.78, 5) is 10.6. The third kappa shape index (κ3) is 9.04. The molecule has 1 aromatic rings. The number of para-hydroxylation sites is 1. The van der Waals surface area contributed by atoms with E-state index in [9.17, 15) is 13.2 Å². The van der Waals surface area contributed by atoms with Crippen molar-refractivity contribution in [3.8, 4) is 0 Å². The van der Waals surface area contributed by atoms with Crippen molar-refractivity contribution >= 4 is 42.9 Å². The summed E-state index contributed by atoms with van der Waals surface area (Å²) in [6.45, 7) is 4.63. The Hall–Kier alpha value is -1.04. The van der Waals surface area contributed by atoms with E-state index in [1.807, 2.05) is 12.1 Å². The van der Waals surface area contributed by atoms with E-state index in [0.717, 1.165) is 0 Å². The Labute approximate surface area is 116 Å². The number of rotatable bonds is 3. The van der Waals surface area contributed by atoms with E-state index in [-0.39, 0.29) is 11.7 Å². The van der Waals surface area contributed by atoms with Crippen LogP contribution < -0.4 is 5.32 Å². The summed E-state index contributed by atoms with van der Waals surface area (Å²) in [6.07, 6.45) is 1.24. The topological polar surface area (TPSA) is 63.2 Å². The maximum atomic E-state index is 10.6. The van der Waals surface area contributed by atoms with Crippen LogP contribution in [0.25, 0.3) is 0 Å². The van der Waals surface area contributed by atoms with E-state index < -0.39 is 9.05 Å². The minimum Gasteiger partial charge on any atom is -0.325 e. The zero-order valence-corrected chi connectivity index (χ0v) is 12.0. The molecule has 0 atom stereocenters. The van der Waals surface area contributed by atoms with E-state index in [1.54, 1.807) is 12.1 Å². The summed E-state index contributed by atoms with van der Waals surface area (Å²) in [5.41, 5.74) is 0.654. The fourth-order valence-electron chi connectivity index (χ4n) is 0.893. The van der Waals surface area contributed by atoms with Crippen LogP contribution in [0.4, 0.5) is 5.69 Å². The highest BCUT2D eigenvalue weighted by molar-refractivity contribution is 8.13. The molecule has 0 heterocycles. The second-order valence-electron chi connectivity index (χ2n) is 3.16. The lowest BCUT2D eigenvalue weighted by Gasteiger charge is -2.02. The van der Waals surface area contributed by atoms with Gasteiger partial charge in [0.15, 0.2) is 0 Å². The molecule has 0 spiro atoms. The minimum atomic E-state index is -3.32. The van der Waals surface area contributed by atoms with Crippen molar-refractivity contribution in [3.05, 3.63) is 41.9 Å². The Morgan fingerprint density at radius 2 is 2.00 bits per heavy atom. The lowest BCUT2D eigenvalue weighted by molar-refractivity contribution is -0.114. The Kier molecular flexibility index (Phi) is 7.66. The first-order valence-electron chi connectivity index (χ1n) is 4.81. The molecule has 1 N–H and O–H groups in total. The summed E-state index contributed by atoms with van der Waals surface area (Å²) >= 11 is 5.75. The number of anilines is 1. The van der Waals surface area contributed by atoms with Gasteiger partial charge in [-0.3, -0.25) is 4.79 Å². The second kappa shape index (κ2) is 8.13. The largest absolute Gasteiger partial charge is 0.325 e. The molecule has 0 saturated heterocycles. The van der Waals surface area contributed by atoms with Crippen molar-refractivity contribution in [1.29, 1.82) is 0 Å². The normalized spacial score (nSPS) is 9.94. The predicted octanol–water partition coefficient (Wildman–Crippen LogP) is 3.04. The number of carbonyl (C=O) groups is 1. The van der Waals surface area contributed by atoms with E-state index in [0.29, 0.717) is 10.7 Å². The number of hydrogen-bond acceptors (Lipinski definition) is 3. The maximum Gasteiger partial charge on any atom is 0.236 e. The van der Waals surface area contributed by atoms with Gasteiger partial charge in [-0.1, -0.05) is 29.8 Å². The quantitative estimate of drug-likeness (QED) is 0.689. The van der Waals surface area contributed by atoms with Crippen molar-refractivity contribution < 1.29 is 13.2 Å². The van der Waals surface area contributed by atoms with Crippen molar-refractivity contribution in [2.24, 2.45) is 0 Å². The molecule has 0 bridgehead atoms. The van der Waals surface area contributed by atoms with Gasteiger partial charge >= 0.3 is 0 Å². The van der Waals surface area contributed by atoms with Crippen LogP contribution in [-0.2, 0) is 13.8 Å². The monoisotopic (exact) mass is 309 g/mol. The van der Waals surface area contributed by atoms with Gasteiger partial charge in [0.25, 0.3) is 0 Å². The van der Waals surface area contributed by atoms with Gasteiger partial charge in [-0.2, -0.15) is 0 Å². The summed E-state index contributed by atoms with van der Waals surface area (Å²) in [6, 6.07) is 7.11. The molecule has 0 aliphatic carbocycles. The molecule has 1 aromatic carbocycles. The average Bonchev–Trinajstić information content (AvgIpc) is 2.20. The number of halogens is 2. The molecule has 7 heteroatoms. The third-order valence-electron chi connectivity index (χ3n) is 1.50. The minimum absolute atomic E-state index is 0.113. The summed E-state index contributed by atoms with van der Waals surface area (Å²) in [5.74, 6) is -0.271. The van der Waals surface area contributed by atoms with Crippen LogP contribution >= 0.6 is 22.3 Å². The number of amides is 1. The van der Waals surface area contributed by atoms with Gasteiger partial charge in [0.1, 0.15) is 0 Å². The van der Waals surface area contributed by atoms with Crippen molar-refractivity contribution in [3.63, 3.8) is 0 Å². The smallest absolute Gasteiger partial charge is 0.236 e. The van der Waals surface area contributed by atoms with Crippen molar-refractivity contribution in [2.45, 2.75) is 6.92 Å². The van der Waals surface area contributed by atoms with Crippen LogP contribution in [0.1, 0.15) is 6.92 Å². The van der Waals surface area contributed by atoms with Crippen molar-refractivity contribution in [1.82, 2.24) is 0 Å². The van der Waals surface area contributed by atoms with Gasteiger partial charge in [0.2, 0.25) is 15.0 Å². The molecule has 0 aromatic heterocycles. The highest BCUT2D eigenvalue weighted by Gasteiger charge is 1.98. The molecule has 1 amide bonds. The molecular weight excluding hydrogens is 297 g/mol. The van der Waals surface area contributed by atoms with Crippen LogP contribution in [0, 0.1) is 0 Å². The first kappa shape index (κ1) is 17.0. The van der Waals surface area contributed by atoms with E-state index >= 15 is 0 Å². The number of hydrogen-bond donors (Lipinski definition) is 1. The number of carbonyl (C=O) groups excluding carboxylic acids is 1. The Bertz CT molecular complexity index is 515. The highest BCUT2D eigenvalue weighted by atomic mass is 35.7. The first-order valence-corrected chi connectivity index (χ1v) is 7.67. The van der Waals surface area contributed by atoms with Crippen LogP contribution in [-0.4, -0.2) is 20.1 Å². The standard InChI is InChI=1S/C8H8ClNO.C3H5ClO2S/c1-6(11)10-8-5-3-2-4-7(8)9;1-2-3-7(4,5)6/h2-5H,1H3,(H,10,11);2H,1,3H2.